The highest BCUT2D eigenvalue weighted by molar-refractivity contribution is 5.83. The topological polar surface area (TPSA) is 26.8 Å². The Kier molecular flexibility index (Phi) is 3.61. The molecule has 4 unspecified atom stereocenters. The van der Waals surface area contributed by atoms with Crippen molar-refractivity contribution in [2.75, 3.05) is 46.3 Å². The standard InChI is InChI=1S/C19H32FN3O/c1-17(2,3)19-9-14(20)11-23(19)13-18(12-19)10-15(18)16(24)22-7-5-21(4)6-8-22/h14-15H,5-13H2,1-4H3. The molecular weight excluding hydrogens is 305 g/mol. The van der Waals surface area contributed by atoms with Crippen LogP contribution in [0, 0.1) is 16.7 Å². The molecule has 0 aromatic carbocycles. The Morgan fingerprint density at radius 2 is 1.79 bits per heavy atom. The van der Waals surface area contributed by atoms with E-state index in [4.69, 9.17) is 0 Å². The Morgan fingerprint density at radius 3 is 2.38 bits per heavy atom. The molecule has 0 radical (unpaired) electrons. The predicted octanol–water partition coefficient (Wildman–Crippen LogP) is 2.00. The SMILES string of the molecule is CN1CCN(C(=O)C2CC23CN2CC(F)CC2(C(C)(C)C)C3)CC1. The van der Waals surface area contributed by atoms with Crippen LogP contribution < -0.4 is 0 Å². The fraction of sp³-hybridized carbons (Fsp3) is 0.947. The van der Waals surface area contributed by atoms with E-state index in [2.05, 4.69) is 42.5 Å². The lowest BCUT2D eigenvalue weighted by molar-refractivity contribution is -0.135. The molecule has 4 nitrogen and oxygen atoms in total. The second kappa shape index (κ2) is 5.16. The molecule has 4 fully saturated rings. The third-order valence-electron chi connectivity index (χ3n) is 7.43. The Morgan fingerprint density at radius 1 is 1.12 bits per heavy atom. The van der Waals surface area contributed by atoms with E-state index in [1.165, 1.54) is 0 Å². The first-order chi connectivity index (χ1) is 11.2. The first-order valence-corrected chi connectivity index (χ1v) is 9.53. The van der Waals surface area contributed by atoms with Gasteiger partial charge >= 0.3 is 0 Å². The number of hydrogen-bond acceptors (Lipinski definition) is 3. The Bertz CT molecular complexity index is 539. The summed E-state index contributed by atoms with van der Waals surface area (Å²) in [5.41, 5.74) is 0.138. The van der Waals surface area contributed by atoms with Crippen LogP contribution in [-0.2, 0) is 4.79 Å². The van der Waals surface area contributed by atoms with Gasteiger partial charge in [-0.15, -0.1) is 0 Å². The lowest BCUT2D eigenvalue weighted by Gasteiger charge is -2.44. The van der Waals surface area contributed by atoms with Crippen LogP contribution in [0.25, 0.3) is 0 Å². The molecule has 5 heteroatoms. The molecule has 3 heterocycles. The van der Waals surface area contributed by atoms with Gasteiger partial charge in [-0.05, 0) is 37.1 Å². The predicted molar refractivity (Wildman–Crippen MR) is 92.5 cm³/mol. The maximum atomic E-state index is 14.2. The molecule has 0 N–H and O–H groups in total. The van der Waals surface area contributed by atoms with E-state index in [0.717, 1.165) is 45.6 Å². The average Bonchev–Trinajstić information content (AvgIpc) is 2.94. The van der Waals surface area contributed by atoms with Gasteiger partial charge in [-0.2, -0.15) is 0 Å². The van der Waals surface area contributed by atoms with Gasteiger partial charge in [0.05, 0.1) is 0 Å². The minimum Gasteiger partial charge on any atom is -0.340 e. The largest absolute Gasteiger partial charge is 0.340 e. The Balaban J connectivity index is 1.49. The van der Waals surface area contributed by atoms with Crippen molar-refractivity contribution in [2.45, 2.75) is 51.7 Å². The molecule has 1 saturated carbocycles. The molecule has 3 aliphatic heterocycles. The van der Waals surface area contributed by atoms with Gasteiger partial charge in [0.25, 0.3) is 0 Å². The zero-order valence-electron chi connectivity index (χ0n) is 15.6. The summed E-state index contributed by atoms with van der Waals surface area (Å²) >= 11 is 0. The number of fused-ring (bicyclic) bond motifs is 1. The maximum absolute atomic E-state index is 14.2. The molecule has 136 valence electrons. The summed E-state index contributed by atoms with van der Waals surface area (Å²) in [6, 6.07) is 0. The average molecular weight is 337 g/mol. The van der Waals surface area contributed by atoms with Crippen LogP contribution in [0.2, 0.25) is 0 Å². The maximum Gasteiger partial charge on any atom is 0.226 e. The highest BCUT2D eigenvalue weighted by Crippen LogP contribution is 2.68. The number of piperazine rings is 1. The van der Waals surface area contributed by atoms with Gasteiger partial charge in [-0.3, -0.25) is 9.69 Å². The second-order valence-electron chi connectivity index (χ2n) is 9.89. The molecule has 4 atom stereocenters. The number of rotatable bonds is 1. The number of amides is 1. The summed E-state index contributed by atoms with van der Waals surface area (Å²) in [5, 5.41) is 0. The zero-order chi connectivity index (χ0) is 17.3. The van der Waals surface area contributed by atoms with Crippen molar-refractivity contribution in [1.82, 2.24) is 14.7 Å². The van der Waals surface area contributed by atoms with Gasteiger partial charge in [-0.1, -0.05) is 20.8 Å². The molecule has 1 amide bonds. The van der Waals surface area contributed by atoms with Crippen LogP contribution in [0.3, 0.4) is 0 Å². The van der Waals surface area contributed by atoms with Crippen molar-refractivity contribution >= 4 is 5.91 Å². The summed E-state index contributed by atoms with van der Waals surface area (Å²) in [7, 11) is 2.12. The first-order valence-electron chi connectivity index (χ1n) is 9.53. The van der Waals surface area contributed by atoms with E-state index in [1.54, 1.807) is 0 Å². The van der Waals surface area contributed by atoms with E-state index in [-0.39, 0.29) is 22.3 Å². The molecule has 0 aromatic heterocycles. The molecule has 1 spiro atoms. The van der Waals surface area contributed by atoms with Gasteiger partial charge in [0.2, 0.25) is 5.91 Å². The van der Waals surface area contributed by atoms with Crippen LogP contribution in [0.15, 0.2) is 0 Å². The van der Waals surface area contributed by atoms with E-state index in [1.807, 2.05) is 0 Å². The van der Waals surface area contributed by atoms with Crippen molar-refractivity contribution in [3.63, 3.8) is 0 Å². The molecule has 4 rings (SSSR count). The van der Waals surface area contributed by atoms with Crippen molar-refractivity contribution in [3.05, 3.63) is 0 Å². The fourth-order valence-corrected chi connectivity index (χ4v) is 5.75. The van der Waals surface area contributed by atoms with E-state index >= 15 is 0 Å². The van der Waals surface area contributed by atoms with Crippen LogP contribution in [-0.4, -0.2) is 78.6 Å². The molecule has 3 saturated heterocycles. The highest BCUT2D eigenvalue weighted by Gasteiger charge is 2.71. The summed E-state index contributed by atoms with van der Waals surface area (Å²) < 4.78 is 14.2. The number of carbonyl (C=O) groups is 1. The molecule has 4 aliphatic rings. The van der Waals surface area contributed by atoms with Crippen LogP contribution in [0.4, 0.5) is 4.39 Å². The van der Waals surface area contributed by atoms with Gasteiger partial charge in [0, 0.05) is 50.7 Å². The minimum atomic E-state index is -0.702. The van der Waals surface area contributed by atoms with Crippen molar-refractivity contribution in [2.24, 2.45) is 16.7 Å². The fourth-order valence-electron chi connectivity index (χ4n) is 5.75. The second-order valence-corrected chi connectivity index (χ2v) is 9.89. The summed E-state index contributed by atoms with van der Waals surface area (Å²) in [6.45, 7) is 11.9. The molecule has 0 aromatic rings. The van der Waals surface area contributed by atoms with Crippen LogP contribution >= 0.6 is 0 Å². The van der Waals surface area contributed by atoms with E-state index in [9.17, 15) is 9.18 Å². The number of likely N-dealkylation sites (N-methyl/N-ethyl adjacent to an activating group) is 1. The number of alkyl halides is 1. The number of hydrogen-bond donors (Lipinski definition) is 0. The quantitative estimate of drug-likeness (QED) is 0.732. The first kappa shape index (κ1) is 16.8. The van der Waals surface area contributed by atoms with Crippen molar-refractivity contribution in [3.8, 4) is 0 Å². The van der Waals surface area contributed by atoms with Crippen molar-refractivity contribution < 1.29 is 9.18 Å². The monoisotopic (exact) mass is 337 g/mol. The van der Waals surface area contributed by atoms with Crippen LogP contribution in [0.1, 0.15) is 40.0 Å². The lowest BCUT2D eigenvalue weighted by Crippen LogP contribution is -2.49. The highest BCUT2D eigenvalue weighted by atomic mass is 19.1. The third kappa shape index (κ3) is 2.34. The van der Waals surface area contributed by atoms with E-state index < -0.39 is 6.17 Å². The number of halogens is 1. The molecular formula is C19H32FN3O. The van der Waals surface area contributed by atoms with Gasteiger partial charge < -0.3 is 9.80 Å². The smallest absolute Gasteiger partial charge is 0.226 e. The Hall–Kier alpha value is -0.680. The summed E-state index contributed by atoms with van der Waals surface area (Å²) in [4.78, 5) is 19.7. The van der Waals surface area contributed by atoms with Gasteiger partial charge in [0.15, 0.2) is 0 Å². The summed E-state index contributed by atoms with van der Waals surface area (Å²) in [6.07, 6.45) is 1.97. The number of carbonyl (C=O) groups excluding carboxylic acids is 1. The lowest BCUT2D eigenvalue weighted by atomic mass is 9.69. The minimum absolute atomic E-state index is 0.0520. The van der Waals surface area contributed by atoms with Crippen LogP contribution in [0.5, 0.6) is 0 Å². The van der Waals surface area contributed by atoms with Crippen molar-refractivity contribution in [1.29, 1.82) is 0 Å². The van der Waals surface area contributed by atoms with Gasteiger partial charge in [0.1, 0.15) is 6.17 Å². The Labute approximate surface area is 145 Å². The molecule has 0 bridgehead atoms. The molecule has 1 aliphatic carbocycles. The van der Waals surface area contributed by atoms with E-state index in [0.29, 0.717) is 18.9 Å². The molecule has 24 heavy (non-hydrogen) atoms. The summed E-state index contributed by atoms with van der Waals surface area (Å²) in [5.74, 6) is 0.550. The van der Waals surface area contributed by atoms with Gasteiger partial charge in [-0.25, -0.2) is 4.39 Å². The number of nitrogens with zero attached hydrogens (tertiary/aromatic N) is 3. The third-order valence-corrected chi connectivity index (χ3v) is 7.43. The normalized spacial score (nSPS) is 43.5. The zero-order valence-corrected chi connectivity index (χ0v) is 15.6.